The molecule has 0 saturated heterocycles. The van der Waals surface area contributed by atoms with Gasteiger partial charge < -0.3 is 4.42 Å². The fourth-order valence-corrected chi connectivity index (χ4v) is 0.642. The first kappa shape index (κ1) is 7.84. The number of furan rings is 1. The maximum atomic E-state index is 11.8. The maximum Gasteiger partial charge on any atom is 0.450 e. The molecule has 5 heteroatoms. The SMILES string of the molecule is O=Cc1ccoc1C(F)(F)F. The average molecular weight is 164 g/mol. The molecule has 0 radical (unpaired) electrons. The number of alkyl halides is 3. The highest BCUT2D eigenvalue weighted by atomic mass is 19.4. The van der Waals surface area contributed by atoms with E-state index in [-0.39, 0.29) is 6.29 Å². The second-order valence-corrected chi connectivity index (χ2v) is 1.82. The number of carbonyl (C=O) groups is 1. The largest absolute Gasteiger partial charge is 0.459 e. The molecule has 0 N–H and O–H groups in total. The van der Waals surface area contributed by atoms with Crippen molar-refractivity contribution in [3.05, 3.63) is 23.7 Å². The van der Waals surface area contributed by atoms with Crippen LogP contribution >= 0.6 is 0 Å². The van der Waals surface area contributed by atoms with E-state index in [0.717, 1.165) is 12.3 Å². The Hall–Kier alpha value is -1.26. The van der Waals surface area contributed by atoms with Crippen molar-refractivity contribution in [2.75, 3.05) is 0 Å². The van der Waals surface area contributed by atoms with Crippen molar-refractivity contribution >= 4 is 6.29 Å². The Morgan fingerprint density at radius 2 is 2.09 bits per heavy atom. The zero-order chi connectivity index (χ0) is 8.48. The molecule has 0 aliphatic rings. The van der Waals surface area contributed by atoms with Crippen LogP contribution in [0.3, 0.4) is 0 Å². The second-order valence-electron chi connectivity index (χ2n) is 1.82. The Labute approximate surface area is 59.6 Å². The molecule has 11 heavy (non-hydrogen) atoms. The minimum Gasteiger partial charge on any atom is -0.459 e. The van der Waals surface area contributed by atoms with E-state index in [4.69, 9.17) is 0 Å². The van der Waals surface area contributed by atoms with Crippen molar-refractivity contribution in [3.63, 3.8) is 0 Å². The highest BCUT2D eigenvalue weighted by Crippen LogP contribution is 2.31. The smallest absolute Gasteiger partial charge is 0.450 e. The van der Waals surface area contributed by atoms with Gasteiger partial charge in [0.2, 0.25) is 5.76 Å². The van der Waals surface area contributed by atoms with Gasteiger partial charge in [-0.25, -0.2) is 0 Å². The van der Waals surface area contributed by atoms with Crippen LogP contribution in [0.5, 0.6) is 0 Å². The van der Waals surface area contributed by atoms with E-state index < -0.39 is 17.5 Å². The summed E-state index contributed by atoms with van der Waals surface area (Å²) < 4.78 is 39.5. The molecule has 0 unspecified atom stereocenters. The zero-order valence-corrected chi connectivity index (χ0v) is 5.18. The molecule has 2 nitrogen and oxygen atoms in total. The molecule has 0 aliphatic heterocycles. The highest BCUT2D eigenvalue weighted by molar-refractivity contribution is 5.76. The van der Waals surface area contributed by atoms with Crippen molar-refractivity contribution in [1.29, 1.82) is 0 Å². The second kappa shape index (κ2) is 2.41. The van der Waals surface area contributed by atoms with Crippen molar-refractivity contribution < 1.29 is 22.4 Å². The Morgan fingerprint density at radius 1 is 1.45 bits per heavy atom. The van der Waals surface area contributed by atoms with Crippen LogP contribution < -0.4 is 0 Å². The summed E-state index contributed by atoms with van der Waals surface area (Å²) in [5, 5.41) is 0. The predicted molar refractivity (Wildman–Crippen MR) is 29.1 cm³/mol. The normalized spacial score (nSPS) is 11.5. The molecule has 1 aromatic rings. The Morgan fingerprint density at radius 3 is 2.45 bits per heavy atom. The summed E-state index contributed by atoms with van der Waals surface area (Å²) in [5.41, 5.74) is -0.475. The number of halogens is 3. The van der Waals surface area contributed by atoms with Gasteiger partial charge in [0.05, 0.1) is 11.8 Å². The van der Waals surface area contributed by atoms with Crippen LogP contribution in [0.4, 0.5) is 13.2 Å². The number of aldehydes is 1. The molecule has 60 valence electrons. The van der Waals surface area contributed by atoms with E-state index in [1.807, 2.05) is 0 Å². The fourth-order valence-electron chi connectivity index (χ4n) is 0.642. The van der Waals surface area contributed by atoms with Crippen LogP contribution in [0.1, 0.15) is 16.1 Å². The van der Waals surface area contributed by atoms with Gasteiger partial charge in [-0.3, -0.25) is 4.79 Å². The van der Waals surface area contributed by atoms with Gasteiger partial charge in [-0.2, -0.15) is 13.2 Å². The van der Waals surface area contributed by atoms with Gasteiger partial charge in [0.25, 0.3) is 0 Å². The maximum absolute atomic E-state index is 11.8. The minimum atomic E-state index is -4.58. The topological polar surface area (TPSA) is 30.2 Å². The number of carbonyl (C=O) groups excluding carboxylic acids is 1. The third-order valence-corrected chi connectivity index (χ3v) is 1.08. The van der Waals surface area contributed by atoms with Gasteiger partial charge in [0.15, 0.2) is 6.29 Å². The van der Waals surface area contributed by atoms with E-state index in [1.165, 1.54) is 0 Å². The summed E-state index contributed by atoms with van der Waals surface area (Å²) in [5.74, 6) is -1.24. The predicted octanol–water partition coefficient (Wildman–Crippen LogP) is 2.11. The van der Waals surface area contributed by atoms with E-state index in [1.54, 1.807) is 0 Å². The molecule has 1 rings (SSSR count). The first-order valence-corrected chi connectivity index (χ1v) is 2.65. The number of hydrogen-bond donors (Lipinski definition) is 0. The number of rotatable bonds is 1. The molecule has 0 aromatic carbocycles. The third-order valence-electron chi connectivity index (χ3n) is 1.08. The van der Waals surface area contributed by atoms with E-state index in [0.29, 0.717) is 0 Å². The molecule has 0 saturated carbocycles. The summed E-state index contributed by atoms with van der Waals surface area (Å²) in [4.78, 5) is 9.98. The lowest BCUT2D eigenvalue weighted by molar-refractivity contribution is -0.153. The molecular formula is C6H3F3O2. The van der Waals surface area contributed by atoms with Crippen LogP contribution in [0.25, 0.3) is 0 Å². The zero-order valence-electron chi connectivity index (χ0n) is 5.18. The Balaban J connectivity index is 3.12. The van der Waals surface area contributed by atoms with Crippen molar-refractivity contribution in [3.8, 4) is 0 Å². The van der Waals surface area contributed by atoms with Crippen molar-refractivity contribution in [1.82, 2.24) is 0 Å². The van der Waals surface area contributed by atoms with Crippen LogP contribution in [-0.4, -0.2) is 6.29 Å². The molecule has 0 amide bonds. The summed E-state index contributed by atoms with van der Waals surface area (Å²) in [6, 6.07) is 0.968. The summed E-state index contributed by atoms with van der Waals surface area (Å²) in [6.07, 6.45) is -3.65. The van der Waals surface area contributed by atoms with E-state index in [2.05, 4.69) is 4.42 Å². The van der Waals surface area contributed by atoms with Gasteiger partial charge in [0, 0.05) is 0 Å². The lowest BCUT2D eigenvalue weighted by Crippen LogP contribution is -2.05. The molecular weight excluding hydrogens is 161 g/mol. The van der Waals surface area contributed by atoms with Gasteiger partial charge in [0.1, 0.15) is 0 Å². The van der Waals surface area contributed by atoms with Gasteiger partial charge in [-0.1, -0.05) is 0 Å². The van der Waals surface area contributed by atoms with Crippen LogP contribution in [0.15, 0.2) is 16.7 Å². The molecule has 1 heterocycles. The summed E-state index contributed by atoms with van der Waals surface area (Å²) in [7, 11) is 0. The highest BCUT2D eigenvalue weighted by Gasteiger charge is 2.37. The van der Waals surface area contributed by atoms with Crippen LogP contribution in [0.2, 0.25) is 0 Å². The fraction of sp³-hybridized carbons (Fsp3) is 0.167. The van der Waals surface area contributed by atoms with Crippen LogP contribution in [-0.2, 0) is 6.18 Å². The Bertz CT molecular complexity index is 261. The van der Waals surface area contributed by atoms with E-state index >= 15 is 0 Å². The van der Waals surface area contributed by atoms with Gasteiger partial charge >= 0.3 is 6.18 Å². The van der Waals surface area contributed by atoms with Crippen molar-refractivity contribution in [2.24, 2.45) is 0 Å². The third kappa shape index (κ3) is 1.42. The molecule has 0 spiro atoms. The number of hydrogen-bond acceptors (Lipinski definition) is 2. The minimum absolute atomic E-state index is 0.103. The van der Waals surface area contributed by atoms with Gasteiger partial charge in [-0.15, -0.1) is 0 Å². The summed E-state index contributed by atoms with van der Waals surface area (Å²) in [6.45, 7) is 0. The molecule has 0 fully saturated rings. The van der Waals surface area contributed by atoms with Crippen LogP contribution in [0, 0.1) is 0 Å². The van der Waals surface area contributed by atoms with E-state index in [9.17, 15) is 18.0 Å². The summed E-state index contributed by atoms with van der Waals surface area (Å²) >= 11 is 0. The quantitative estimate of drug-likeness (QED) is 0.595. The lowest BCUT2D eigenvalue weighted by Gasteiger charge is -2.01. The molecule has 0 aliphatic carbocycles. The van der Waals surface area contributed by atoms with Gasteiger partial charge in [-0.05, 0) is 6.07 Å². The average Bonchev–Trinajstić information content (AvgIpc) is 2.31. The first-order chi connectivity index (χ1) is 5.05. The lowest BCUT2D eigenvalue weighted by atomic mass is 10.3. The molecule has 0 bridgehead atoms. The molecule has 1 aromatic heterocycles. The first-order valence-electron chi connectivity index (χ1n) is 2.65. The Kier molecular flexibility index (Phi) is 1.72. The molecule has 0 atom stereocenters. The monoisotopic (exact) mass is 164 g/mol. The standard InChI is InChI=1S/C6H3F3O2/c7-6(8,9)5-4(3-10)1-2-11-5/h1-3H. The van der Waals surface area contributed by atoms with Crippen molar-refractivity contribution in [2.45, 2.75) is 6.18 Å².